The molecule has 1 heterocycles. The number of nitrogens with zero attached hydrogens (tertiary/aromatic N) is 3. The molecule has 142 valence electrons. The van der Waals surface area contributed by atoms with Crippen molar-refractivity contribution in [2.24, 2.45) is 0 Å². The molecule has 0 fully saturated rings. The van der Waals surface area contributed by atoms with Crippen LogP contribution in [0.15, 0.2) is 30.5 Å². The van der Waals surface area contributed by atoms with Crippen LogP contribution in [0.25, 0.3) is 0 Å². The van der Waals surface area contributed by atoms with Gasteiger partial charge in [-0.25, -0.2) is 9.48 Å². The van der Waals surface area contributed by atoms with Crippen LogP contribution in [0.4, 0.5) is 0 Å². The van der Waals surface area contributed by atoms with E-state index in [1.54, 1.807) is 17.8 Å². The highest BCUT2D eigenvalue weighted by Crippen LogP contribution is 2.29. The summed E-state index contributed by atoms with van der Waals surface area (Å²) in [5.41, 5.74) is 2.18. The first kappa shape index (κ1) is 20.3. The van der Waals surface area contributed by atoms with Gasteiger partial charge in [-0.2, -0.15) is 0 Å². The Hall–Kier alpha value is -1.99. The number of hydrogen-bond acceptors (Lipinski definition) is 5. The van der Waals surface area contributed by atoms with Crippen LogP contribution >= 0.6 is 0 Å². The lowest BCUT2D eigenvalue weighted by atomic mass is 9.97. The molecule has 1 aromatic carbocycles. The largest absolute Gasteiger partial charge is 0.461 e. The van der Waals surface area contributed by atoms with Crippen LogP contribution in [0, 0.1) is 0 Å². The van der Waals surface area contributed by atoms with E-state index in [4.69, 9.17) is 9.16 Å². The topological polar surface area (TPSA) is 66.2 Å². The van der Waals surface area contributed by atoms with Crippen LogP contribution < -0.4 is 0 Å². The lowest BCUT2D eigenvalue weighted by Gasteiger charge is -2.30. The third kappa shape index (κ3) is 5.78. The van der Waals surface area contributed by atoms with Gasteiger partial charge in [0.1, 0.15) is 0 Å². The zero-order chi connectivity index (χ0) is 19.4. The van der Waals surface area contributed by atoms with E-state index in [-0.39, 0.29) is 16.3 Å². The molecule has 0 saturated carbocycles. The van der Waals surface area contributed by atoms with E-state index in [2.05, 4.69) is 69.2 Å². The first-order chi connectivity index (χ1) is 12.1. The lowest BCUT2D eigenvalue weighted by Crippen LogP contribution is -2.27. The molecule has 0 N–H and O–H groups in total. The van der Waals surface area contributed by atoms with Crippen molar-refractivity contribution in [1.82, 2.24) is 15.0 Å². The van der Waals surface area contributed by atoms with Crippen LogP contribution in [0.1, 0.15) is 63.2 Å². The maximum Gasteiger partial charge on any atom is 0.360 e. The van der Waals surface area contributed by atoms with Gasteiger partial charge in [0.05, 0.1) is 24.9 Å². The molecule has 0 atom stereocenters. The van der Waals surface area contributed by atoms with E-state index in [1.807, 2.05) is 0 Å². The van der Waals surface area contributed by atoms with Crippen LogP contribution in [-0.4, -0.2) is 37.3 Å². The van der Waals surface area contributed by atoms with Gasteiger partial charge in [0.2, 0.25) is 0 Å². The zero-order valence-corrected chi connectivity index (χ0v) is 18.0. The second-order valence-electron chi connectivity index (χ2n) is 8.08. The summed E-state index contributed by atoms with van der Waals surface area (Å²) < 4.78 is 12.8. The van der Waals surface area contributed by atoms with E-state index in [9.17, 15) is 4.79 Å². The number of benzene rings is 1. The first-order valence-corrected chi connectivity index (χ1v) is 10.2. The summed E-state index contributed by atoms with van der Waals surface area (Å²) in [5.74, 6) is -0.448. The Morgan fingerprint density at radius 1 is 1.15 bits per heavy atom. The normalized spacial score (nSPS) is 12.7. The Morgan fingerprint density at radius 3 is 2.38 bits per heavy atom. The summed E-state index contributed by atoms with van der Waals surface area (Å²) in [4.78, 5) is 11.6. The minimum Gasteiger partial charge on any atom is -0.461 e. The predicted molar refractivity (Wildman–Crippen MR) is 104 cm³/mol. The fourth-order valence-corrected chi connectivity index (χ4v) is 3.31. The third-order valence-electron chi connectivity index (χ3n) is 3.88. The van der Waals surface area contributed by atoms with Gasteiger partial charge in [0, 0.05) is 0 Å². The van der Waals surface area contributed by atoms with E-state index >= 15 is 0 Å². The molecule has 0 spiro atoms. The molecule has 7 heteroatoms. The number of aromatic nitrogens is 3. The number of ether oxygens (including phenoxy) is 1. The molecular formula is C19H29N3O3Si. The summed E-state index contributed by atoms with van der Waals surface area (Å²) in [7, 11) is -0.631. The Labute approximate surface area is 157 Å². The van der Waals surface area contributed by atoms with Crippen LogP contribution in [0.2, 0.25) is 5.04 Å². The molecule has 1 aromatic heterocycles. The van der Waals surface area contributed by atoms with Crippen molar-refractivity contribution in [1.29, 1.82) is 0 Å². The van der Waals surface area contributed by atoms with E-state index in [1.165, 1.54) is 0 Å². The number of esters is 1. The Kier molecular flexibility index (Phi) is 6.36. The molecule has 0 saturated heterocycles. The molecule has 0 radical (unpaired) electrons. The average Bonchev–Trinajstić information content (AvgIpc) is 3.02. The molecule has 0 unspecified atom stereocenters. The van der Waals surface area contributed by atoms with E-state index < -0.39 is 15.7 Å². The Bertz CT molecular complexity index is 733. The molecule has 6 nitrogen and oxygen atoms in total. The molecule has 26 heavy (non-hydrogen) atoms. The van der Waals surface area contributed by atoms with Gasteiger partial charge in [-0.15, -0.1) is 5.10 Å². The number of hydrogen-bond donors (Lipinski definition) is 0. The van der Waals surface area contributed by atoms with E-state index in [0.29, 0.717) is 13.2 Å². The zero-order valence-electron chi connectivity index (χ0n) is 16.6. The first-order valence-electron chi connectivity index (χ1n) is 8.91. The summed E-state index contributed by atoms with van der Waals surface area (Å²) in [6, 6.07) is 8.31. The van der Waals surface area contributed by atoms with Gasteiger partial charge in [-0.3, -0.25) is 0 Å². The summed E-state index contributed by atoms with van der Waals surface area (Å²) in [6.07, 6.45) is 1.61. The standard InChI is InChI=1S/C19H29N3O3Si/c1-7-24-17(23)16-13-22(21-20-16)12-14-8-10-15(11-9-14)19(5,6)25-26-18(2,3)4/h8-11,13H,7,12,26H2,1-6H3. The second-order valence-corrected chi connectivity index (χ2v) is 10.8. The highest BCUT2D eigenvalue weighted by Gasteiger charge is 2.24. The summed E-state index contributed by atoms with van der Waals surface area (Å²) >= 11 is 0. The van der Waals surface area contributed by atoms with Gasteiger partial charge in [0.15, 0.2) is 15.5 Å². The predicted octanol–water partition coefficient (Wildman–Crippen LogP) is 3.06. The maximum atomic E-state index is 11.6. The molecule has 0 aliphatic heterocycles. The average molecular weight is 376 g/mol. The van der Waals surface area contributed by atoms with E-state index in [0.717, 1.165) is 11.1 Å². The van der Waals surface area contributed by atoms with Crippen molar-refractivity contribution in [2.45, 2.75) is 58.7 Å². The SMILES string of the molecule is CCOC(=O)c1cn(Cc2ccc(C(C)(C)O[SiH2]C(C)(C)C)cc2)nn1. The third-order valence-corrected chi connectivity index (χ3v) is 5.62. The molecule has 0 aliphatic rings. The molecule has 0 amide bonds. The number of carbonyl (C=O) groups excluding carboxylic acids is 1. The van der Waals surface area contributed by atoms with Crippen LogP contribution in [-0.2, 0) is 21.3 Å². The minimum absolute atomic E-state index is 0.227. The van der Waals surface area contributed by atoms with Gasteiger partial charge < -0.3 is 9.16 Å². The quantitative estimate of drug-likeness (QED) is 0.550. The molecule has 2 aromatic rings. The minimum atomic E-state index is -0.631. The molecule has 2 rings (SSSR count). The lowest BCUT2D eigenvalue weighted by molar-refractivity contribution is 0.0519. The van der Waals surface area contributed by atoms with Gasteiger partial charge >= 0.3 is 5.97 Å². The van der Waals surface area contributed by atoms with Gasteiger partial charge in [0.25, 0.3) is 0 Å². The van der Waals surface area contributed by atoms with Crippen molar-refractivity contribution >= 4 is 15.7 Å². The second kappa shape index (κ2) is 8.14. The van der Waals surface area contributed by atoms with Gasteiger partial charge in [-0.05, 0) is 36.9 Å². The Balaban J connectivity index is 2.02. The van der Waals surface area contributed by atoms with Crippen molar-refractivity contribution in [3.8, 4) is 0 Å². The molecule has 0 aliphatic carbocycles. The van der Waals surface area contributed by atoms with Crippen molar-refractivity contribution < 1.29 is 14.0 Å². The fourth-order valence-electron chi connectivity index (χ4n) is 2.35. The van der Waals surface area contributed by atoms with Gasteiger partial charge in [-0.1, -0.05) is 50.3 Å². The monoisotopic (exact) mass is 375 g/mol. The van der Waals surface area contributed by atoms with Crippen molar-refractivity contribution in [3.05, 3.63) is 47.3 Å². The summed E-state index contributed by atoms with van der Waals surface area (Å²) in [5, 5.41) is 8.11. The highest BCUT2D eigenvalue weighted by molar-refractivity contribution is 6.31. The molecular weight excluding hydrogens is 346 g/mol. The van der Waals surface area contributed by atoms with Crippen LogP contribution in [0.3, 0.4) is 0 Å². The fraction of sp³-hybridized carbons (Fsp3) is 0.526. The highest BCUT2D eigenvalue weighted by atomic mass is 28.2. The van der Waals surface area contributed by atoms with Crippen molar-refractivity contribution in [2.75, 3.05) is 6.61 Å². The maximum absolute atomic E-state index is 11.6. The number of carbonyl (C=O) groups is 1. The molecule has 0 bridgehead atoms. The van der Waals surface area contributed by atoms with Crippen LogP contribution in [0.5, 0.6) is 0 Å². The van der Waals surface area contributed by atoms with Crippen molar-refractivity contribution in [3.63, 3.8) is 0 Å². The number of rotatable bonds is 7. The smallest absolute Gasteiger partial charge is 0.360 e. The Morgan fingerprint density at radius 2 is 1.81 bits per heavy atom. The summed E-state index contributed by atoms with van der Waals surface area (Å²) in [6.45, 7) is 13.5.